The van der Waals surface area contributed by atoms with E-state index in [0.29, 0.717) is 25.7 Å². The van der Waals surface area contributed by atoms with E-state index < -0.39 is 10.0 Å². The van der Waals surface area contributed by atoms with E-state index in [2.05, 4.69) is 32.3 Å². The first-order chi connectivity index (χ1) is 18.2. The molecule has 200 valence electrons. The Bertz CT molecular complexity index is 1580. The summed E-state index contributed by atoms with van der Waals surface area (Å²) in [5, 5.41) is 13.5. The highest BCUT2D eigenvalue weighted by atomic mass is 32.2. The van der Waals surface area contributed by atoms with Crippen molar-refractivity contribution >= 4 is 20.9 Å². The standard InChI is InChI=1S/C26H30FN7O3S/c1-17-10-24-18(14-29-34(24)20-6-4-19(27)5-7-20)11-23(17)25-16-32(38(35,36)26-15-28-31(2)30-26)8-9-33(25)21-12-22(13-21)37-3/h4-7,10-11,14-15,21-22,25H,8-9,12-13,16H2,1-3H3/t21?,22?,25-/m0/s1. The van der Waals surface area contributed by atoms with Crippen LogP contribution in [0.25, 0.3) is 16.6 Å². The second-order valence-electron chi connectivity index (χ2n) is 10.1. The molecule has 2 aromatic heterocycles. The Hall–Kier alpha value is -3.19. The second kappa shape index (κ2) is 9.53. The summed E-state index contributed by atoms with van der Waals surface area (Å²) in [6.45, 7) is 3.35. The van der Waals surface area contributed by atoms with Crippen molar-refractivity contribution in [1.29, 1.82) is 0 Å². The van der Waals surface area contributed by atoms with E-state index in [1.54, 1.807) is 37.2 Å². The van der Waals surface area contributed by atoms with Gasteiger partial charge >= 0.3 is 0 Å². The van der Waals surface area contributed by atoms with Crippen molar-refractivity contribution in [3.8, 4) is 5.69 Å². The lowest BCUT2D eigenvalue weighted by Crippen LogP contribution is -2.57. The van der Waals surface area contributed by atoms with Gasteiger partial charge in [-0.1, -0.05) is 0 Å². The van der Waals surface area contributed by atoms with Gasteiger partial charge in [-0.05, 0) is 67.3 Å². The molecule has 0 amide bonds. The lowest BCUT2D eigenvalue weighted by molar-refractivity contribution is -0.0540. The van der Waals surface area contributed by atoms with Crippen molar-refractivity contribution in [2.24, 2.45) is 7.05 Å². The molecule has 0 N–H and O–H groups in total. The predicted octanol–water partition coefficient (Wildman–Crippen LogP) is 2.83. The number of rotatable bonds is 6. The number of nitrogens with zero attached hydrogens (tertiary/aromatic N) is 7. The molecule has 2 fully saturated rings. The monoisotopic (exact) mass is 539 g/mol. The molecular formula is C26H30FN7O3S. The first kappa shape index (κ1) is 25.1. The number of piperazine rings is 1. The van der Waals surface area contributed by atoms with Gasteiger partial charge in [0, 0.05) is 51.3 Å². The first-order valence-electron chi connectivity index (χ1n) is 12.6. The van der Waals surface area contributed by atoms with E-state index in [1.807, 2.05) is 6.92 Å². The molecule has 1 aliphatic heterocycles. The molecule has 6 rings (SSSR count). The zero-order valence-corrected chi connectivity index (χ0v) is 22.3. The molecule has 0 radical (unpaired) electrons. The number of fused-ring (bicyclic) bond motifs is 1. The number of hydrogen-bond donors (Lipinski definition) is 0. The van der Waals surface area contributed by atoms with E-state index in [0.717, 1.165) is 40.6 Å². The van der Waals surface area contributed by atoms with Crippen molar-refractivity contribution in [2.75, 3.05) is 26.7 Å². The van der Waals surface area contributed by atoms with Crippen molar-refractivity contribution in [3.05, 3.63) is 65.7 Å². The molecule has 1 atom stereocenters. The van der Waals surface area contributed by atoms with Crippen LogP contribution in [-0.2, 0) is 21.8 Å². The molecule has 0 unspecified atom stereocenters. The third kappa shape index (κ3) is 4.31. The zero-order valence-electron chi connectivity index (χ0n) is 21.5. The van der Waals surface area contributed by atoms with Gasteiger partial charge in [0.05, 0.1) is 29.7 Å². The van der Waals surface area contributed by atoms with Crippen molar-refractivity contribution in [2.45, 2.75) is 43.0 Å². The van der Waals surface area contributed by atoms with Crippen LogP contribution in [0.3, 0.4) is 0 Å². The largest absolute Gasteiger partial charge is 0.381 e. The van der Waals surface area contributed by atoms with Crippen molar-refractivity contribution in [3.63, 3.8) is 0 Å². The summed E-state index contributed by atoms with van der Waals surface area (Å²) in [5.41, 5.74) is 3.79. The first-order valence-corrected chi connectivity index (χ1v) is 14.1. The van der Waals surface area contributed by atoms with Crippen LogP contribution in [0.15, 0.2) is 53.8 Å². The predicted molar refractivity (Wildman–Crippen MR) is 139 cm³/mol. The highest BCUT2D eigenvalue weighted by molar-refractivity contribution is 7.89. The van der Waals surface area contributed by atoms with E-state index in [1.165, 1.54) is 27.4 Å². The van der Waals surface area contributed by atoms with Crippen LogP contribution < -0.4 is 0 Å². The fourth-order valence-corrected chi connectivity index (χ4v) is 6.95. The fourth-order valence-electron chi connectivity index (χ4n) is 5.63. The topological polar surface area (TPSA) is 98.4 Å². The molecule has 4 aromatic rings. The van der Waals surface area contributed by atoms with Crippen LogP contribution in [0.5, 0.6) is 0 Å². The summed E-state index contributed by atoms with van der Waals surface area (Å²) in [6, 6.07) is 10.6. The molecule has 0 spiro atoms. The highest BCUT2D eigenvalue weighted by Crippen LogP contribution is 2.39. The maximum Gasteiger partial charge on any atom is 0.264 e. The maximum absolute atomic E-state index is 13.5. The van der Waals surface area contributed by atoms with Gasteiger partial charge in [0.15, 0.2) is 0 Å². The van der Waals surface area contributed by atoms with E-state index in [4.69, 9.17) is 4.74 Å². The third-order valence-corrected chi connectivity index (χ3v) is 9.55. The second-order valence-corrected chi connectivity index (χ2v) is 12.0. The normalized spacial score (nSPS) is 23.1. The van der Waals surface area contributed by atoms with Crippen LogP contribution in [0.4, 0.5) is 4.39 Å². The molecule has 12 heteroatoms. The van der Waals surface area contributed by atoms with Gasteiger partial charge < -0.3 is 4.74 Å². The van der Waals surface area contributed by atoms with E-state index in [9.17, 15) is 12.8 Å². The Morgan fingerprint density at radius 3 is 2.50 bits per heavy atom. The van der Waals surface area contributed by atoms with Gasteiger partial charge in [0.2, 0.25) is 5.03 Å². The summed E-state index contributed by atoms with van der Waals surface area (Å²) in [6.07, 6.45) is 5.18. The molecule has 2 aliphatic rings. The average Bonchev–Trinajstić information content (AvgIpc) is 3.50. The number of sulfonamides is 1. The maximum atomic E-state index is 13.5. The zero-order chi connectivity index (χ0) is 26.6. The lowest BCUT2D eigenvalue weighted by Gasteiger charge is -2.50. The van der Waals surface area contributed by atoms with Crippen molar-refractivity contribution in [1.82, 2.24) is 34.0 Å². The lowest BCUT2D eigenvalue weighted by atomic mass is 9.84. The Balaban J connectivity index is 1.37. The Morgan fingerprint density at radius 1 is 1.05 bits per heavy atom. The number of hydrogen-bond acceptors (Lipinski definition) is 7. The van der Waals surface area contributed by atoms with Gasteiger partial charge in [-0.2, -0.15) is 19.3 Å². The number of aromatic nitrogens is 5. The smallest absolute Gasteiger partial charge is 0.264 e. The minimum Gasteiger partial charge on any atom is -0.381 e. The molecule has 1 saturated carbocycles. The number of aryl methyl sites for hydroxylation is 2. The summed E-state index contributed by atoms with van der Waals surface area (Å²) in [4.78, 5) is 3.69. The van der Waals surface area contributed by atoms with Crippen LogP contribution in [-0.4, -0.2) is 81.3 Å². The highest BCUT2D eigenvalue weighted by Gasteiger charge is 2.43. The molecule has 1 aliphatic carbocycles. The van der Waals surface area contributed by atoms with Crippen LogP contribution in [0, 0.1) is 12.7 Å². The van der Waals surface area contributed by atoms with Crippen LogP contribution >= 0.6 is 0 Å². The van der Waals surface area contributed by atoms with Crippen LogP contribution in [0.1, 0.15) is 30.0 Å². The van der Waals surface area contributed by atoms with Gasteiger partial charge in [0.1, 0.15) is 5.82 Å². The number of ether oxygens (including phenoxy) is 1. The molecule has 3 heterocycles. The molecular weight excluding hydrogens is 509 g/mol. The number of benzene rings is 2. The van der Waals surface area contributed by atoms with E-state index >= 15 is 0 Å². The molecule has 38 heavy (non-hydrogen) atoms. The summed E-state index contributed by atoms with van der Waals surface area (Å²) in [5.74, 6) is -0.297. The number of methoxy groups -OCH3 is 1. The Labute approximate surface area is 220 Å². The van der Waals surface area contributed by atoms with Crippen LogP contribution in [0.2, 0.25) is 0 Å². The van der Waals surface area contributed by atoms with Gasteiger partial charge in [-0.25, -0.2) is 17.5 Å². The van der Waals surface area contributed by atoms with Gasteiger partial charge in [-0.15, -0.1) is 5.10 Å². The minimum atomic E-state index is -3.79. The third-order valence-electron chi connectivity index (χ3n) is 7.83. The summed E-state index contributed by atoms with van der Waals surface area (Å²) >= 11 is 0. The molecule has 0 bridgehead atoms. The SMILES string of the molecule is COC1CC(N2CCN(S(=O)(=O)c3cnn(C)n3)C[C@H]2c2cc3cnn(-c4ccc(F)cc4)c3cc2C)C1. The quantitative estimate of drug-likeness (QED) is 0.372. The fraction of sp³-hybridized carbons (Fsp3) is 0.423. The molecule has 10 nitrogen and oxygen atoms in total. The minimum absolute atomic E-state index is 0.0389. The summed E-state index contributed by atoms with van der Waals surface area (Å²) < 4.78 is 49.2. The Morgan fingerprint density at radius 2 is 1.82 bits per heavy atom. The van der Waals surface area contributed by atoms with E-state index in [-0.39, 0.29) is 23.0 Å². The van der Waals surface area contributed by atoms with Gasteiger partial charge in [-0.3, -0.25) is 4.90 Å². The van der Waals surface area contributed by atoms with Crippen molar-refractivity contribution < 1.29 is 17.5 Å². The molecule has 2 aromatic carbocycles. The average molecular weight is 540 g/mol. The number of halogens is 1. The molecule has 1 saturated heterocycles. The van der Waals surface area contributed by atoms with Gasteiger partial charge in [0.25, 0.3) is 10.0 Å². The Kier molecular flexibility index (Phi) is 6.29. The summed E-state index contributed by atoms with van der Waals surface area (Å²) in [7, 11) is -0.445.